The summed E-state index contributed by atoms with van der Waals surface area (Å²) < 4.78 is 229. The number of fused-ring (bicyclic) bond motifs is 5. The van der Waals surface area contributed by atoms with Gasteiger partial charge in [0.15, 0.2) is 37.8 Å². The molecule has 0 fully saturated rings. The van der Waals surface area contributed by atoms with Gasteiger partial charge < -0.3 is 67.3 Å². The molecule has 35 nitrogen and oxygen atoms in total. The quantitative estimate of drug-likeness (QED) is 0.0324. The third-order valence-corrected chi connectivity index (χ3v) is 30.9. The fraction of sp³-hybridized carbons (Fsp3) is 0.125. The number of halogens is 7. The lowest BCUT2D eigenvalue weighted by Gasteiger charge is -2.17. The number of hydrogen-bond donors (Lipinski definition) is 6. The molecule has 0 saturated heterocycles. The molecule has 0 saturated carbocycles. The Hall–Kier alpha value is -14.1. The minimum atomic E-state index is -4.60. The van der Waals surface area contributed by atoms with Crippen LogP contribution in [0.25, 0.3) is 51.4 Å². The molecular weight excluding hydrogens is 1930 g/mol. The molecule has 15 rings (SSSR count). The Morgan fingerprint density at radius 1 is 0.374 bits per heavy atom. The molecule has 10 aromatic heterocycles. The van der Waals surface area contributed by atoms with Gasteiger partial charge in [-0.2, -0.15) is 26.3 Å². The molecular formula is C80H58F7N5O30S9. The monoisotopic (exact) mass is 1990 g/mol. The number of hydrogen-bond acceptors (Lipinski definition) is 32. The predicted molar refractivity (Wildman–Crippen MR) is 466 cm³/mol. The Morgan fingerprint density at radius 3 is 1.02 bits per heavy atom. The van der Waals surface area contributed by atoms with E-state index in [-0.39, 0.29) is 73.1 Å². The van der Waals surface area contributed by atoms with Crippen LogP contribution in [-0.4, -0.2) is 137 Å². The highest BCUT2D eigenvalue weighted by molar-refractivity contribution is 7.93. The number of carbonyl (C=O) groups is 5. The van der Waals surface area contributed by atoms with Crippen molar-refractivity contribution in [3.05, 3.63) is 284 Å². The summed E-state index contributed by atoms with van der Waals surface area (Å²) in [7, 11) is -7.15. The molecule has 0 unspecified atom stereocenters. The van der Waals surface area contributed by atoms with Crippen molar-refractivity contribution in [2.24, 2.45) is 0 Å². The van der Waals surface area contributed by atoms with Crippen LogP contribution in [0.1, 0.15) is 68.5 Å². The Labute approximate surface area is 749 Å². The van der Waals surface area contributed by atoms with Gasteiger partial charge >= 0.3 is 70.3 Å². The average Bonchev–Trinajstić information content (AvgIpc) is 1.64. The maximum atomic E-state index is 13.0. The minimum absolute atomic E-state index is 0.00975. The van der Waals surface area contributed by atoms with Crippen LogP contribution in [0.2, 0.25) is 0 Å². The molecule has 5 aromatic carbocycles. The number of nitrogens with zero attached hydrogens (tertiary/aromatic N) is 4. The number of sulfonamides is 3. The number of methoxy groups -OCH3 is 2. The number of carboxylic acids is 5. The van der Waals surface area contributed by atoms with E-state index in [1.807, 2.05) is 0 Å². The molecule has 131 heavy (non-hydrogen) atoms. The Bertz CT molecular complexity index is 7800. The summed E-state index contributed by atoms with van der Waals surface area (Å²) in [6.07, 6.45) is -8.98. The van der Waals surface area contributed by atoms with Gasteiger partial charge in [-0.1, -0.05) is 18.2 Å². The van der Waals surface area contributed by atoms with E-state index in [1.54, 1.807) is 42.3 Å². The van der Waals surface area contributed by atoms with Crippen LogP contribution in [0.15, 0.2) is 248 Å². The molecule has 0 spiro atoms. The smallest absolute Gasteiger partial charge is 0.416 e. The molecule has 0 aliphatic heterocycles. The van der Waals surface area contributed by atoms with Crippen LogP contribution >= 0.6 is 56.7 Å². The summed E-state index contributed by atoms with van der Waals surface area (Å²) in [6, 6.07) is 37.0. The minimum Gasteiger partial charge on any atom is -0.497 e. The first-order valence-electron chi connectivity index (χ1n) is 35.9. The van der Waals surface area contributed by atoms with Crippen LogP contribution in [-0.2, 0) is 58.8 Å². The van der Waals surface area contributed by atoms with E-state index < -0.39 is 155 Å². The Morgan fingerprint density at radius 2 is 0.679 bits per heavy atom. The standard InChI is InChI=1S/C17H12F3NO4S.C16H10F3NO6S2.2C16H13NO7S2.C15H10FNO6S2/c1-21(8-9-2-4-10(5-3-9)17(18,19)20)14-7-12-13(26-14)6-11(15(22)23)16(24)25-12;1-20(28(24,25)9-4-2-8(3-5-9)16(17,18)19)13-7-11-12(27-13)6-10(14(21)22)15(23)26-11;1-17(26(21,22)10-5-3-4-9(6-10)23-2)14-8-12-13(25-14)7-11(15(18)19)16(20)24-12;1-23-9-2-4-10(5-3-9)26(21,22)8-17-14-7-12-13(25-14)6-11(15(18)19)16(20)24-12;1-17(25(21,22)9-4-2-8(16)3-5-9)13-7-11-12(24-13)6-10(14(18)19)15(20)23-11/h2-7H,8H2,1H3,(H,22,23);2-7H,1H3,(H,21,22);3-8H,1-2H3,(H,18,19);2-7,17H,8H2,1H3,(H,18,19);2-7H,1H3,(H,18,19). The van der Waals surface area contributed by atoms with E-state index in [1.165, 1.54) is 126 Å². The molecule has 0 bridgehead atoms. The zero-order chi connectivity index (χ0) is 96.2. The van der Waals surface area contributed by atoms with Gasteiger partial charge in [-0.3, -0.25) is 12.9 Å². The van der Waals surface area contributed by atoms with Gasteiger partial charge in [0.05, 0.1) is 78.4 Å². The SMILES string of the molecule is CN(Cc1ccc(C(F)(F)F)cc1)c1cc2oc(=O)c(C(=O)O)cc2s1.CN(c1cc2oc(=O)c(C(=O)O)cc2s1)S(=O)(=O)c1ccc(C(F)(F)F)cc1.CN(c1cc2oc(=O)c(C(=O)O)cc2s1)S(=O)(=O)c1ccc(F)cc1.COc1ccc(S(=O)(=O)CNc2cc3oc(=O)c(C(=O)O)cc3s2)cc1.COc1cccc(S(=O)(=O)N(C)c2cc3oc(=O)c(C(=O)O)cc3s2)c1. The number of anilines is 5. The van der Waals surface area contributed by atoms with Crippen molar-refractivity contribution in [2.45, 2.75) is 38.5 Å². The maximum absolute atomic E-state index is 13.0. The van der Waals surface area contributed by atoms with Gasteiger partial charge in [-0.25, -0.2) is 86.0 Å². The Kier molecular flexibility index (Phi) is 28.8. The maximum Gasteiger partial charge on any atom is 0.416 e. The van der Waals surface area contributed by atoms with Crippen LogP contribution < -0.4 is 60.7 Å². The van der Waals surface area contributed by atoms with Crippen molar-refractivity contribution in [2.75, 3.05) is 71.4 Å². The summed E-state index contributed by atoms with van der Waals surface area (Å²) in [6.45, 7) is 0.334. The second-order valence-corrected chi connectivity index (χ2v) is 39.8. The van der Waals surface area contributed by atoms with Crippen LogP contribution in [0.3, 0.4) is 0 Å². The number of rotatable bonds is 23. The normalized spacial score (nSPS) is 11.7. The largest absolute Gasteiger partial charge is 0.497 e. The van der Waals surface area contributed by atoms with E-state index in [2.05, 4.69) is 5.32 Å². The van der Waals surface area contributed by atoms with E-state index in [0.717, 1.165) is 119 Å². The van der Waals surface area contributed by atoms with Crippen molar-refractivity contribution in [1.82, 2.24) is 0 Å². The molecule has 686 valence electrons. The van der Waals surface area contributed by atoms with Gasteiger partial charge in [-0.05, 0) is 133 Å². The molecule has 51 heteroatoms. The predicted octanol–water partition coefficient (Wildman–Crippen LogP) is 14.9. The molecule has 0 aliphatic rings. The zero-order valence-electron chi connectivity index (χ0n) is 66.8. The van der Waals surface area contributed by atoms with E-state index in [9.17, 15) is 112 Å². The lowest BCUT2D eigenvalue weighted by Crippen LogP contribution is -2.25. The van der Waals surface area contributed by atoms with Gasteiger partial charge in [0.1, 0.15) is 66.0 Å². The third kappa shape index (κ3) is 22.3. The Balaban J connectivity index is 0.000000158. The fourth-order valence-corrected chi connectivity index (χ4v) is 21.5. The van der Waals surface area contributed by atoms with Crippen molar-refractivity contribution >= 4 is 203 Å². The van der Waals surface area contributed by atoms with Crippen LogP contribution in [0.4, 0.5) is 55.7 Å². The van der Waals surface area contributed by atoms with Crippen molar-refractivity contribution < 1.29 is 145 Å². The summed E-state index contributed by atoms with van der Waals surface area (Å²) >= 11 is 5.10. The number of alkyl halides is 6. The summed E-state index contributed by atoms with van der Waals surface area (Å²) in [5.41, 5.74) is -7.95. The second-order valence-electron chi connectivity index (χ2n) is 26.6. The summed E-state index contributed by atoms with van der Waals surface area (Å²) in [5, 5.41) is 49.3. The topological polar surface area (TPSA) is 518 Å². The second kappa shape index (κ2) is 38.7. The van der Waals surface area contributed by atoms with E-state index >= 15 is 0 Å². The highest BCUT2D eigenvalue weighted by Crippen LogP contribution is 2.41. The fourth-order valence-electron chi connectivity index (χ4n) is 11.2. The molecule has 0 atom stereocenters. The molecule has 0 radical (unpaired) electrons. The van der Waals surface area contributed by atoms with E-state index in [0.29, 0.717) is 64.5 Å². The molecule has 6 N–H and O–H groups in total. The first-order chi connectivity index (χ1) is 61.3. The molecule has 15 aromatic rings. The van der Waals surface area contributed by atoms with Gasteiger partial charge in [0.2, 0.25) is 0 Å². The number of thiophene rings is 5. The first kappa shape index (κ1) is 97.5. The van der Waals surface area contributed by atoms with Crippen LogP contribution in [0.5, 0.6) is 11.5 Å². The molecule has 10 heterocycles. The summed E-state index contributed by atoms with van der Waals surface area (Å²) in [4.78, 5) is 115. The number of carboxylic acid groups (broad SMARTS) is 5. The summed E-state index contributed by atoms with van der Waals surface area (Å²) in [5.74, 6) is -7.08. The van der Waals surface area contributed by atoms with Gasteiger partial charge in [-0.15, -0.1) is 56.7 Å². The van der Waals surface area contributed by atoms with Crippen molar-refractivity contribution in [3.8, 4) is 11.5 Å². The number of sulfone groups is 1. The number of nitrogens with one attached hydrogen (secondary N) is 1. The highest BCUT2D eigenvalue weighted by atomic mass is 32.2. The lowest BCUT2D eigenvalue weighted by molar-refractivity contribution is -0.138. The van der Waals surface area contributed by atoms with Crippen molar-refractivity contribution in [1.29, 1.82) is 0 Å². The average molecular weight is 1990 g/mol. The van der Waals surface area contributed by atoms with Gasteiger partial charge in [0, 0.05) is 71.1 Å². The molecule has 0 amide bonds. The van der Waals surface area contributed by atoms with Crippen molar-refractivity contribution in [3.63, 3.8) is 0 Å². The van der Waals surface area contributed by atoms with Gasteiger partial charge in [0.25, 0.3) is 30.1 Å². The number of aromatic carboxylic acids is 5. The highest BCUT2D eigenvalue weighted by Gasteiger charge is 2.34. The molecule has 0 aliphatic carbocycles. The number of benzene rings is 5. The number of ether oxygens (including phenoxy) is 2. The first-order valence-corrected chi connectivity index (χ1v) is 45.9. The van der Waals surface area contributed by atoms with Crippen LogP contribution in [0, 0.1) is 5.82 Å². The zero-order valence-corrected chi connectivity index (χ0v) is 74.1. The third-order valence-electron chi connectivity index (χ3n) is 18.1. The van der Waals surface area contributed by atoms with E-state index in [4.69, 9.17) is 57.1 Å². The lowest BCUT2D eigenvalue weighted by atomic mass is 10.1.